The molecule has 3 heterocycles. The third-order valence-electron chi connectivity index (χ3n) is 4.58. The summed E-state index contributed by atoms with van der Waals surface area (Å²) in [6, 6.07) is 12.2. The van der Waals surface area contributed by atoms with Gasteiger partial charge in [0.05, 0.1) is 16.1 Å². The minimum Gasteiger partial charge on any atom is -0.381 e. The number of hydrogen-bond acceptors (Lipinski definition) is 4. The van der Waals surface area contributed by atoms with Gasteiger partial charge in [-0.2, -0.15) is 9.61 Å². The smallest absolute Gasteiger partial charge is 0.227 e. The molecule has 0 aliphatic carbocycles. The molecule has 0 saturated carbocycles. The molecule has 1 saturated heterocycles. The third-order valence-corrected chi connectivity index (χ3v) is 5.36. The molecule has 2 aromatic heterocycles. The number of aromatic nitrogens is 3. The zero-order valence-corrected chi connectivity index (χ0v) is 15.1. The van der Waals surface area contributed by atoms with Crippen LogP contribution in [-0.2, 0) is 4.74 Å². The Balaban J connectivity index is 1.76. The highest BCUT2D eigenvalue weighted by Gasteiger charge is 2.23. The van der Waals surface area contributed by atoms with Gasteiger partial charge in [0, 0.05) is 32.0 Å². The molecule has 0 atom stereocenters. The fourth-order valence-corrected chi connectivity index (χ4v) is 3.83. The van der Waals surface area contributed by atoms with Gasteiger partial charge in [-0.25, -0.2) is 4.98 Å². The molecule has 1 aliphatic heterocycles. The number of rotatable bonds is 3. The molecule has 24 heavy (non-hydrogen) atoms. The van der Waals surface area contributed by atoms with E-state index in [0.717, 1.165) is 53.1 Å². The van der Waals surface area contributed by atoms with Gasteiger partial charge in [0.2, 0.25) is 5.95 Å². The molecule has 124 valence electrons. The Morgan fingerprint density at radius 1 is 1.12 bits per heavy atom. The van der Waals surface area contributed by atoms with Crippen LogP contribution < -0.4 is 4.90 Å². The van der Waals surface area contributed by atoms with Gasteiger partial charge < -0.3 is 9.64 Å². The van der Waals surface area contributed by atoms with Crippen LogP contribution in [0.2, 0.25) is 0 Å². The lowest BCUT2D eigenvalue weighted by atomic mass is 10.1. The normalized spacial score (nSPS) is 16.0. The van der Waals surface area contributed by atoms with E-state index >= 15 is 0 Å². The summed E-state index contributed by atoms with van der Waals surface area (Å²) in [5.74, 6) is 0.893. The van der Waals surface area contributed by atoms with Crippen molar-refractivity contribution < 1.29 is 4.74 Å². The number of nitrogens with zero attached hydrogens (tertiary/aromatic N) is 4. The zero-order chi connectivity index (χ0) is 16.5. The molecular formula is C18H19BrN4O. The number of piperidine rings is 1. The topological polar surface area (TPSA) is 42.7 Å². The first-order chi connectivity index (χ1) is 11.8. The summed E-state index contributed by atoms with van der Waals surface area (Å²) < 4.78 is 8.41. The summed E-state index contributed by atoms with van der Waals surface area (Å²) in [5.41, 5.74) is 3.07. The molecule has 0 radical (unpaired) electrons. The van der Waals surface area contributed by atoms with Crippen LogP contribution in [0.4, 0.5) is 5.95 Å². The summed E-state index contributed by atoms with van der Waals surface area (Å²) in [6.45, 7) is 1.87. The number of halogens is 1. The van der Waals surface area contributed by atoms with Crippen molar-refractivity contribution in [3.63, 3.8) is 0 Å². The van der Waals surface area contributed by atoms with Gasteiger partial charge in [-0.05, 0) is 34.8 Å². The van der Waals surface area contributed by atoms with E-state index in [1.165, 1.54) is 0 Å². The average molecular weight is 387 g/mol. The number of anilines is 1. The Labute approximate surface area is 149 Å². The minimum atomic E-state index is 0.352. The molecule has 1 aromatic carbocycles. The maximum Gasteiger partial charge on any atom is 0.227 e. The van der Waals surface area contributed by atoms with Gasteiger partial charge >= 0.3 is 0 Å². The number of benzene rings is 1. The predicted molar refractivity (Wildman–Crippen MR) is 98.4 cm³/mol. The molecule has 0 unspecified atom stereocenters. The molecule has 0 N–H and O–H groups in total. The van der Waals surface area contributed by atoms with E-state index in [4.69, 9.17) is 9.84 Å². The first kappa shape index (κ1) is 15.6. The van der Waals surface area contributed by atoms with Gasteiger partial charge in [0.1, 0.15) is 5.69 Å². The van der Waals surface area contributed by atoms with E-state index in [-0.39, 0.29) is 0 Å². The van der Waals surface area contributed by atoms with Crippen molar-refractivity contribution in [2.45, 2.75) is 18.9 Å². The van der Waals surface area contributed by atoms with E-state index in [0.29, 0.717) is 6.10 Å². The summed E-state index contributed by atoms with van der Waals surface area (Å²) in [7, 11) is 1.79. The number of ether oxygens (including phenoxy) is 1. The second kappa shape index (κ2) is 6.53. The van der Waals surface area contributed by atoms with E-state index < -0.39 is 0 Å². The molecule has 1 aliphatic rings. The Bertz CT molecular complexity index is 841. The SMILES string of the molecule is COC1CCN(c2nccc3c(Br)c(-c4ccccc4)nn23)CC1. The summed E-state index contributed by atoms with van der Waals surface area (Å²) in [6.07, 6.45) is 4.24. The molecule has 3 aromatic rings. The van der Waals surface area contributed by atoms with Crippen molar-refractivity contribution in [1.82, 2.24) is 14.6 Å². The second-order valence-electron chi connectivity index (χ2n) is 5.99. The lowest BCUT2D eigenvalue weighted by Crippen LogP contribution is -2.38. The molecule has 5 nitrogen and oxygen atoms in total. The summed E-state index contributed by atoms with van der Waals surface area (Å²) >= 11 is 3.72. The molecule has 6 heteroatoms. The minimum absolute atomic E-state index is 0.352. The van der Waals surface area contributed by atoms with Crippen LogP contribution in [0.15, 0.2) is 47.1 Å². The van der Waals surface area contributed by atoms with Crippen LogP contribution in [0.1, 0.15) is 12.8 Å². The predicted octanol–water partition coefficient (Wildman–Crippen LogP) is 3.77. The first-order valence-electron chi connectivity index (χ1n) is 8.14. The van der Waals surface area contributed by atoms with E-state index in [1.807, 2.05) is 35.0 Å². The van der Waals surface area contributed by atoms with E-state index in [2.05, 4.69) is 37.9 Å². The largest absolute Gasteiger partial charge is 0.381 e. The molecule has 0 spiro atoms. The highest BCUT2D eigenvalue weighted by atomic mass is 79.9. The summed E-state index contributed by atoms with van der Waals surface area (Å²) in [4.78, 5) is 6.88. The van der Waals surface area contributed by atoms with Crippen LogP contribution in [-0.4, -0.2) is 40.9 Å². The van der Waals surface area contributed by atoms with Crippen molar-refractivity contribution in [3.8, 4) is 11.3 Å². The fraction of sp³-hybridized carbons (Fsp3) is 0.333. The van der Waals surface area contributed by atoms with Crippen LogP contribution in [0.3, 0.4) is 0 Å². The quantitative estimate of drug-likeness (QED) is 0.686. The van der Waals surface area contributed by atoms with Crippen LogP contribution >= 0.6 is 15.9 Å². The number of hydrogen-bond donors (Lipinski definition) is 0. The number of fused-ring (bicyclic) bond motifs is 1. The maximum atomic E-state index is 5.47. The molecule has 1 fully saturated rings. The number of methoxy groups -OCH3 is 1. The molecule has 0 amide bonds. The van der Waals surface area contributed by atoms with Crippen LogP contribution in [0.25, 0.3) is 16.8 Å². The zero-order valence-electron chi connectivity index (χ0n) is 13.5. The standard InChI is InChI=1S/C18H19BrN4O/c1-24-14-8-11-22(12-9-14)18-20-10-7-15-16(19)17(21-23(15)18)13-5-3-2-4-6-13/h2-7,10,14H,8-9,11-12H2,1H3. The van der Waals surface area contributed by atoms with Gasteiger partial charge in [-0.1, -0.05) is 30.3 Å². The lowest BCUT2D eigenvalue weighted by Gasteiger charge is -2.31. The lowest BCUT2D eigenvalue weighted by molar-refractivity contribution is 0.0816. The van der Waals surface area contributed by atoms with Gasteiger partial charge in [-0.15, -0.1) is 0 Å². The van der Waals surface area contributed by atoms with Crippen molar-refractivity contribution in [2.24, 2.45) is 0 Å². The molecular weight excluding hydrogens is 368 g/mol. The van der Waals surface area contributed by atoms with Crippen molar-refractivity contribution >= 4 is 27.4 Å². The van der Waals surface area contributed by atoms with Crippen LogP contribution in [0.5, 0.6) is 0 Å². The summed E-state index contributed by atoms with van der Waals surface area (Å²) in [5, 5.41) is 4.83. The highest BCUT2D eigenvalue weighted by Crippen LogP contribution is 2.32. The highest BCUT2D eigenvalue weighted by molar-refractivity contribution is 9.10. The average Bonchev–Trinajstić information content (AvgIpc) is 2.99. The van der Waals surface area contributed by atoms with Crippen molar-refractivity contribution in [2.75, 3.05) is 25.1 Å². The van der Waals surface area contributed by atoms with Crippen molar-refractivity contribution in [1.29, 1.82) is 0 Å². The Morgan fingerprint density at radius 2 is 1.88 bits per heavy atom. The third kappa shape index (κ3) is 2.70. The van der Waals surface area contributed by atoms with Crippen molar-refractivity contribution in [3.05, 3.63) is 47.1 Å². The monoisotopic (exact) mass is 386 g/mol. The Kier molecular flexibility index (Phi) is 4.24. The van der Waals surface area contributed by atoms with Crippen LogP contribution in [0, 0.1) is 0 Å². The van der Waals surface area contributed by atoms with Gasteiger partial charge in [0.25, 0.3) is 0 Å². The first-order valence-corrected chi connectivity index (χ1v) is 8.93. The molecule has 4 rings (SSSR count). The van der Waals surface area contributed by atoms with Gasteiger partial charge in [0.15, 0.2) is 0 Å². The second-order valence-corrected chi connectivity index (χ2v) is 6.79. The van der Waals surface area contributed by atoms with E-state index in [9.17, 15) is 0 Å². The Morgan fingerprint density at radius 3 is 2.58 bits per heavy atom. The van der Waals surface area contributed by atoms with Gasteiger partial charge in [-0.3, -0.25) is 0 Å². The Hall–Kier alpha value is -1.92. The fourth-order valence-electron chi connectivity index (χ4n) is 3.23. The van der Waals surface area contributed by atoms with E-state index in [1.54, 1.807) is 7.11 Å². The maximum absolute atomic E-state index is 5.47. The molecule has 0 bridgehead atoms.